The number of anilines is 1. The van der Waals surface area contributed by atoms with Crippen molar-refractivity contribution in [1.29, 1.82) is 0 Å². The third-order valence-electron chi connectivity index (χ3n) is 1.10. The normalized spacial score (nSPS) is 8.15. The fraction of sp³-hybridized carbons (Fsp3) is 0.222. The second-order valence-electron chi connectivity index (χ2n) is 1.98. The van der Waals surface area contributed by atoms with Crippen LogP contribution in [0.15, 0.2) is 24.3 Å². The van der Waals surface area contributed by atoms with Crippen molar-refractivity contribution in [2.24, 2.45) is 0 Å². The van der Waals surface area contributed by atoms with Crippen molar-refractivity contribution in [3.63, 3.8) is 0 Å². The molecule has 4 heteroatoms. The van der Waals surface area contributed by atoms with Crippen molar-refractivity contribution in [3.05, 3.63) is 24.3 Å². The highest BCUT2D eigenvalue weighted by atomic mass is 16.4. The maximum absolute atomic E-state index is 10.1. The van der Waals surface area contributed by atoms with Crippen molar-refractivity contribution in [2.45, 2.75) is 13.8 Å². The smallest absolute Gasteiger partial charge is 0.409 e. The highest BCUT2D eigenvalue weighted by Crippen LogP contribution is 2.14. The molecule has 4 nitrogen and oxygen atoms in total. The zero-order chi connectivity index (χ0) is 10.3. The largest absolute Gasteiger partial charge is 0.508 e. The van der Waals surface area contributed by atoms with E-state index in [0.29, 0.717) is 5.69 Å². The molecule has 72 valence electrons. The molecule has 0 atom stereocenters. The van der Waals surface area contributed by atoms with Gasteiger partial charge in [0.05, 0.1) is 0 Å². The maximum Gasteiger partial charge on any atom is 0.409 e. The molecule has 1 rings (SSSR count). The van der Waals surface area contributed by atoms with E-state index in [4.69, 9.17) is 10.2 Å². The molecular formula is C9H13NO3. The lowest BCUT2D eigenvalue weighted by atomic mass is 10.3. The molecule has 0 heterocycles. The lowest BCUT2D eigenvalue weighted by Crippen LogP contribution is -2.06. The van der Waals surface area contributed by atoms with Gasteiger partial charge in [0, 0.05) is 11.8 Å². The first-order chi connectivity index (χ1) is 6.18. The highest BCUT2D eigenvalue weighted by molar-refractivity contribution is 5.82. The Morgan fingerprint density at radius 3 is 2.46 bits per heavy atom. The molecule has 1 amide bonds. The lowest BCUT2D eigenvalue weighted by molar-refractivity contribution is 0.210. The number of phenols is 1. The molecule has 0 spiro atoms. The van der Waals surface area contributed by atoms with E-state index in [1.54, 1.807) is 12.1 Å². The number of nitrogens with one attached hydrogen (secondary N) is 1. The summed E-state index contributed by atoms with van der Waals surface area (Å²) < 4.78 is 0. The van der Waals surface area contributed by atoms with Crippen LogP contribution in [0.3, 0.4) is 0 Å². The Balaban J connectivity index is 0.000000671. The zero-order valence-corrected chi connectivity index (χ0v) is 7.61. The first kappa shape index (κ1) is 11.3. The Hall–Kier alpha value is -1.71. The first-order valence-corrected chi connectivity index (χ1v) is 3.97. The molecule has 0 saturated heterocycles. The van der Waals surface area contributed by atoms with Crippen LogP contribution in [0.5, 0.6) is 5.75 Å². The topological polar surface area (TPSA) is 69.6 Å². The second-order valence-corrected chi connectivity index (χ2v) is 1.98. The van der Waals surface area contributed by atoms with Crippen LogP contribution in [0.1, 0.15) is 13.8 Å². The maximum atomic E-state index is 10.1. The molecule has 0 aliphatic carbocycles. The SMILES string of the molecule is CC.O=C(O)Nc1cccc(O)c1. The number of benzene rings is 1. The van der Waals surface area contributed by atoms with E-state index >= 15 is 0 Å². The van der Waals surface area contributed by atoms with Gasteiger partial charge in [0.1, 0.15) is 5.75 Å². The van der Waals surface area contributed by atoms with Crippen molar-refractivity contribution >= 4 is 11.8 Å². The number of phenolic OH excluding ortho intramolecular Hbond substituents is 1. The third kappa shape index (κ3) is 4.68. The summed E-state index contributed by atoms with van der Waals surface area (Å²) in [6, 6.07) is 5.90. The lowest BCUT2D eigenvalue weighted by Gasteiger charge is -1.99. The molecule has 1 aromatic rings. The highest BCUT2D eigenvalue weighted by Gasteiger charge is 1.96. The minimum Gasteiger partial charge on any atom is -0.508 e. The Morgan fingerprint density at radius 2 is 2.00 bits per heavy atom. The van der Waals surface area contributed by atoms with Crippen LogP contribution in [0.4, 0.5) is 10.5 Å². The predicted molar refractivity (Wildman–Crippen MR) is 51.1 cm³/mol. The molecular weight excluding hydrogens is 170 g/mol. The van der Waals surface area contributed by atoms with Gasteiger partial charge in [-0.25, -0.2) is 4.79 Å². The summed E-state index contributed by atoms with van der Waals surface area (Å²) in [5.74, 6) is 0.0382. The summed E-state index contributed by atoms with van der Waals surface area (Å²) >= 11 is 0. The third-order valence-corrected chi connectivity index (χ3v) is 1.10. The van der Waals surface area contributed by atoms with Gasteiger partial charge >= 0.3 is 6.09 Å². The average Bonchev–Trinajstić information content (AvgIpc) is 2.06. The number of aromatic hydroxyl groups is 1. The van der Waals surface area contributed by atoms with Gasteiger partial charge in [-0.1, -0.05) is 19.9 Å². The molecule has 1 aromatic carbocycles. The number of rotatable bonds is 1. The van der Waals surface area contributed by atoms with Crippen LogP contribution >= 0.6 is 0 Å². The minimum atomic E-state index is -1.14. The van der Waals surface area contributed by atoms with Gasteiger partial charge < -0.3 is 10.2 Å². The van der Waals surface area contributed by atoms with Crippen molar-refractivity contribution in [3.8, 4) is 5.75 Å². The van der Waals surface area contributed by atoms with Gasteiger partial charge in [-0.15, -0.1) is 0 Å². The van der Waals surface area contributed by atoms with Gasteiger partial charge in [0.2, 0.25) is 0 Å². The van der Waals surface area contributed by atoms with E-state index in [-0.39, 0.29) is 5.75 Å². The van der Waals surface area contributed by atoms with Crippen LogP contribution in [-0.4, -0.2) is 16.3 Å². The summed E-state index contributed by atoms with van der Waals surface area (Å²) in [5.41, 5.74) is 0.359. The summed E-state index contributed by atoms with van der Waals surface area (Å²) in [7, 11) is 0. The summed E-state index contributed by atoms with van der Waals surface area (Å²) in [5, 5.41) is 19.3. The molecule has 0 aromatic heterocycles. The predicted octanol–water partition coefficient (Wildman–Crippen LogP) is 2.51. The van der Waals surface area contributed by atoms with Gasteiger partial charge in [0.25, 0.3) is 0 Å². The minimum absolute atomic E-state index is 0.0382. The number of amides is 1. The van der Waals surface area contributed by atoms with Gasteiger partial charge in [0.15, 0.2) is 0 Å². The number of hydrogen-bond donors (Lipinski definition) is 3. The molecule has 3 N–H and O–H groups in total. The quantitative estimate of drug-likeness (QED) is 0.626. The Bertz CT molecular complexity index is 273. The second kappa shape index (κ2) is 5.88. The standard InChI is InChI=1S/C7H7NO3.C2H6/c9-6-3-1-2-5(4-6)8-7(10)11;1-2/h1-4,8-9H,(H,10,11);1-2H3. The fourth-order valence-corrected chi connectivity index (χ4v) is 0.707. The van der Waals surface area contributed by atoms with Crippen LogP contribution < -0.4 is 5.32 Å². The number of hydrogen-bond acceptors (Lipinski definition) is 2. The molecule has 13 heavy (non-hydrogen) atoms. The molecule has 0 aliphatic rings. The van der Waals surface area contributed by atoms with Crippen molar-refractivity contribution in [1.82, 2.24) is 0 Å². The van der Waals surface area contributed by atoms with E-state index in [2.05, 4.69) is 5.32 Å². The fourth-order valence-electron chi connectivity index (χ4n) is 0.707. The van der Waals surface area contributed by atoms with Gasteiger partial charge in [-0.2, -0.15) is 0 Å². The molecule has 0 unspecified atom stereocenters. The van der Waals surface area contributed by atoms with Gasteiger partial charge in [-0.05, 0) is 12.1 Å². The van der Waals surface area contributed by atoms with E-state index in [9.17, 15) is 4.79 Å². The van der Waals surface area contributed by atoms with Crippen LogP contribution in [0, 0.1) is 0 Å². The van der Waals surface area contributed by atoms with Crippen LogP contribution in [0.2, 0.25) is 0 Å². The number of carboxylic acid groups (broad SMARTS) is 1. The van der Waals surface area contributed by atoms with Crippen LogP contribution in [-0.2, 0) is 0 Å². The van der Waals surface area contributed by atoms with Crippen LogP contribution in [0.25, 0.3) is 0 Å². The summed E-state index contributed by atoms with van der Waals surface area (Å²) in [4.78, 5) is 10.1. The zero-order valence-electron chi connectivity index (χ0n) is 7.61. The molecule has 0 bridgehead atoms. The van der Waals surface area contributed by atoms with E-state index in [1.165, 1.54) is 12.1 Å². The Labute approximate surface area is 76.8 Å². The molecule has 0 saturated carbocycles. The molecule has 0 aliphatic heterocycles. The number of carbonyl (C=O) groups is 1. The van der Waals surface area contributed by atoms with E-state index in [1.807, 2.05) is 13.8 Å². The van der Waals surface area contributed by atoms with E-state index in [0.717, 1.165) is 0 Å². The Morgan fingerprint density at radius 1 is 1.38 bits per heavy atom. The van der Waals surface area contributed by atoms with Gasteiger partial charge in [-0.3, -0.25) is 5.32 Å². The Kier molecular flexibility index (Phi) is 5.11. The van der Waals surface area contributed by atoms with E-state index < -0.39 is 6.09 Å². The first-order valence-electron chi connectivity index (χ1n) is 3.97. The average molecular weight is 183 g/mol. The van der Waals surface area contributed by atoms with Crippen molar-refractivity contribution in [2.75, 3.05) is 5.32 Å². The summed E-state index contributed by atoms with van der Waals surface area (Å²) in [6.07, 6.45) is -1.14. The molecule has 0 fully saturated rings. The van der Waals surface area contributed by atoms with Crippen molar-refractivity contribution < 1.29 is 15.0 Å². The summed E-state index contributed by atoms with van der Waals surface area (Å²) in [6.45, 7) is 4.00. The monoisotopic (exact) mass is 183 g/mol. The molecule has 0 radical (unpaired) electrons.